The highest BCUT2D eigenvalue weighted by Gasteiger charge is 2.21. The Morgan fingerprint density at radius 1 is 0.938 bits per heavy atom. The van der Waals surface area contributed by atoms with Crippen LogP contribution >= 0.6 is 0 Å². The van der Waals surface area contributed by atoms with E-state index in [2.05, 4.69) is 44.8 Å². The van der Waals surface area contributed by atoms with Gasteiger partial charge in [-0.15, -0.1) is 0 Å². The van der Waals surface area contributed by atoms with Crippen LogP contribution in [0.15, 0.2) is 47.5 Å². The molecule has 0 atom stereocenters. The summed E-state index contributed by atoms with van der Waals surface area (Å²) in [7, 11) is 6.89. The molecule has 3 rings (SSSR count). The number of nitrogens with one attached hydrogen (secondary N) is 2. The van der Waals surface area contributed by atoms with Gasteiger partial charge in [0.1, 0.15) is 17.2 Å². The molecule has 7 heteroatoms. The molecule has 7 nitrogen and oxygen atoms in total. The van der Waals surface area contributed by atoms with E-state index in [-0.39, 0.29) is 0 Å². The van der Waals surface area contributed by atoms with Crippen molar-refractivity contribution < 1.29 is 14.2 Å². The summed E-state index contributed by atoms with van der Waals surface area (Å²) in [5.41, 5.74) is 2.46. The van der Waals surface area contributed by atoms with Crippen molar-refractivity contribution in [3.8, 4) is 17.2 Å². The number of aryl methyl sites for hydroxylation is 1. The average Bonchev–Trinajstić information content (AvgIpc) is 2.86. The van der Waals surface area contributed by atoms with Gasteiger partial charge in [-0.25, -0.2) is 0 Å². The Morgan fingerprint density at radius 3 is 2.12 bits per heavy atom. The van der Waals surface area contributed by atoms with Crippen molar-refractivity contribution >= 4 is 11.6 Å². The minimum atomic E-state index is 0.409. The Balaban J connectivity index is 1.41. The zero-order valence-electron chi connectivity index (χ0n) is 19.7. The maximum Gasteiger partial charge on any atom is 0.191 e. The first kappa shape index (κ1) is 23.6. The van der Waals surface area contributed by atoms with Gasteiger partial charge in [-0.1, -0.05) is 12.1 Å². The molecule has 1 aliphatic heterocycles. The average molecular weight is 441 g/mol. The molecule has 0 aromatic heterocycles. The van der Waals surface area contributed by atoms with E-state index in [0.29, 0.717) is 6.04 Å². The van der Waals surface area contributed by atoms with Crippen LogP contribution in [0, 0.1) is 0 Å². The number of methoxy groups -OCH3 is 3. The third kappa shape index (κ3) is 6.70. The topological polar surface area (TPSA) is 67.4 Å². The lowest BCUT2D eigenvalue weighted by molar-refractivity contribution is 0.393. The molecule has 2 N–H and O–H groups in total. The summed E-state index contributed by atoms with van der Waals surface area (Å²) in [6.45, 7) is 2.83. The molecule has 0 radical (unpaired) electrons. The molecule has 1 fully saturated rings. The van der Waals surface area contributed by atoms with Crippen LogP contribution in [-0.2, 0) is 6.42 Å². The molecule has 174 valence electrons. The molecule has 1 aliphatic rings. The Bertz CT molecular complexity index is 840. The van der Waals surface area contributed by atoms with Crippen molar-refractivity contribution in [3.05, 3.63) is 48.0 Å². The highest BCUT2D eigenvalue weighted by molar-refractivity contribution is 5.80. The molecule has 32 heavy (non-hydrogen) atoms. The van der Waals surface area contributed by atoms with Crippen LogP contribution in [0.1, 0.15) is 24.8 Å². The number of benzene rings is 2. The maximum atomic E-state index is 5.41. The van der Waals surface area contributed by atoms with E-state index in [0.717, 1.165) is 74.2 Å². The lowest BCUT2D eigenvalue weighted by atomic mass is 10.0. The number of guanidine groups is 1. The van der Waals surface area contributed by atoms with E-state index in [1.165, 1.54) is 5.56 Å². The molecule has 0 aliphatic carbocycles. The normalized spacial score (nSPS) is 14.8. The van der Waals surface area contributed by atoms with Gasteiger partial charge in [0.05, 0.1) is 21.3 Å². The van der Waals surface area contributed by atoms with Crippen molar-refractivity contribution in [1.82, 2.24) is 10.6 Å². The molecule has 2 aromatic rings. The van der Waals surface area contributed by atoms with Gasteiger partial charge in [-0.05, 0) is 43.4 Å². The van der Waals surface area contributed by atoms with E-state index in [4.69, 9.17) is 14.2 Å². The van der Waals surface area contributed by atoms with Gasteiger partial charge in [0.15, 0.2) is 5.96 Å². The Hall–Kier alpha value is -3.09. The minimum absolute atomic E-state index is 0.409. The molecule has 0 amide bonds. The maximum absolute atomic E-state index is 5.41. The molecule has 0 unspecified atom stereocenters. The first-order valence-electron chi connectivity index (χ1n) is 11.2. The van der Waals surface area contributed by atoms with E-state index >= 15 is 0 Å². The van der Waals surface area contributed by atoms with Crippen LogP contribution < -0.4 is 29.7 Å². The van der Waals surface area contributed by atoms with Gasteiger partial charge in [0, 0.05) is 56.6 Å². The first-order valence-corrected chi connectivity index (χ1v) is 11.2. The molecular weight excluding hydrogens is 404 g/mol. The summed E-state index contributed by atoms with van der Waals surface area (Å²) in [5, 5.41) is 7.03. The van der Waals surface area contributed by atoms with Crippen LogP contribution in [0.3, 0.4) is 0 Å². The quantitative estimate of drug-likeness (QED) is 0.354. The lowest BCUT2D eigenvalue weighted by Gasteiger charge is -2.34. The molecular formula is C25H36N4O3. The monoisotopic (exact) mass is 440 g/mol. The van der Waals surface area contributed by atoms with Crippen LogP contribution in [0.2, 0.25) is 0 Å². The Morgan fingerprint density at radius 2 is 1.56 bits per heavy atom. The van der Waals surface area contributed by atoms with E-state index in [1.807, 2.05) is 25.2 Å². The van der Waals surface area contributed by atoms with Gasteiger partial charge < -0.3 is 29.7 Å². The van der Waals surface area contributed by atoms with Crippen LogP contribution in [-0.4, -0.2) is 60.0 Å². The number of anilines is 1. The lowest BCUT2D eigenvalue weighted by Crippen LogP contribution is -2.49. The van der Waals surface area contributed by atoms with Crippen LogP contribution in [0.5, 0.6) is 17.2 Å². The molecule has 0 bridgehead atoms. The fraction of sp³-hybridized carbons (Fsp3) is 0.480. The fourth-order valence-electron chi connectivity index (χ4n) is 3.94. The Labute approximate surface area is 191 Å². The van der Waals surface area contributed by atoms with E-state index in [9.17, 15) is 0 Å². The molecule has 1 heterocycles. The molecule has 0 saturated carbocycles. The highest BCUT2D eigenvalue weighted by atomic mass is 16.5. The highest BCUT2D eigenvalue weighted by Crippen LogP contribution is 2.30. The number of rotatable bonds is 9. The number of hydrogen-bond acceptors (Lipinski definition) is 5. The van der Waals surface area contributed by atoms with Gasteiger partial charge in [-0.3, -0.25) is 4.99 Å². The SMILES string of the molecule is CN=C(NCCCc1ccc(OC)cc1)NC1CCN(c2cc(OC)cc(OC)c2)CC1. The summed E-state index contributed by atoms with van der Waals surface area (Å²) in [6.07, 6.45) is 4.16. The van der Waals surface area contributed by atoms with Crippen LogP contribution in [0.25, 0.3) is 0 Å². The number of piperidine rings is 1. The molecule has 0 spiro atoms. The predicted molar refractivity (Wildman–Crippen MR) is 131 cm³/mol. The third-order valence-electron chi connectivity index (χ3n) is 5.85. The largest absolute Gasteiger partial charge is 0.497 e. The number of aliphatic imine (C=N–C) groups is 1. The summed E-state index contributed by atoms with van der Waals surface area (Å²) in [6, 6.07) is 14.7. The van der Waals surface area contributed by atoms with Crippen molar-refractivity contribution in [2.75, 3.05) is 52.9 Å². The second-order valence-electron chi connectivity index (χ2n) is 7.93. The summed E-state index contributed by atoms with van der Waals surface area (Å²) in [4.78, 5) is 6.79. The predicted octanol–water partition coefficient (Wildman–Crippen LogP) is 3.48. The zero-order valence-corrected chi connectivity index (χ0v) is 19.7. The Kier molecular flexibility index (Phi) is 8.90. The minimum Gasteiger partial charge on any atom is -0.497 e. The number of hydrogen-bond donors (Lipinski definition) is 2. The standard InChI is InChI=1S/C25H36N4O3/c1-26-25(27-13-5-6-19-7-9-22(30-2)10-8-19)28-20-11-14-29(15-12-20)21-16-23(31-3)18-24(17-21)32-4/h7-10,16-18,20H,5-6,11-15H2,1-4H3,(H2,26,27,28). The van der Waals surface area contributed by atoms with Crippen molar-refractivity contribution in [2.24, 2.45) is 4.99 Å². The molecule has 1 saturated heterocycles. The van der Waals surface area contributed by atoms with Gasteiger partial charge >= 0.3 is 0 Å². The smallest absolute Gasteiger partial charge is 0.191 e. The summed E-state index contributed by atoms with van der Waals surface area (Å²) in [5.74, 6) is 3.41. The van der Waals surface area contributed by atoms with Crippen molar-refractivity contribution in [2.45, 2.75) is 31.7 Å². The van der Waals surface area contributed by atoms with Crippen molar-refractivity contribution in [1.29, 1.82) is 0 Å². The van der Waals surface area contributed by atoms with Gasteiger partial charge in [-0.2, -0.15) is 0 Å². The third-order valence-corrected chi connectivity index (χ3v) is 5.85. The second-order valence-corrected chi connectivity index (χ2v) is 7.93. The number of ether oxygens (including phenoxy) is 3. The summed E-state index contributed by atoms with van der Waals surface area (Å²) < 4.78 is 16.0. The first-order chi connectivity index (χ1) is 15.6. The van der Waals surface area contributed by atoms with Crippen molar-refractivity contribution in [3.63, 3.8) is 0 Å². The second kappa shape index (κ2) is 12.1. The van der Waals surface area contributed by atoms with E-state index in [1.54, 1.807) is 21.3 Å². The van der Waals surface area contributed by atoms with Gasteiger partial charge in [0.25, 0.3) is 0 Å². The zero-order chi connectivity index (χ0) is 22.8. The molecule has 2 aromatic carbocycles. The number of nitrogens with zero attached hydrogens (tertiary/aromatic N) is 2. The fourth-order valence-corrected chi connectivity index (χ4v) is 3.94. The summed E-state index contributed by atoms with van der Waals surface area (Å²) >= 11 is 0. The van der Waals surface area contributed by atoms with Gasteiger partial charge in [0.2, 0.25) is 0 Å². The van der Waals surface area contributed by atoms with Crippen LogP contribution in [0.4, 0.5) is 5.69 Å². The van der Waals surface area contributed by atoms with E-state index < -0.39 is 0 Å².